The minimum Gasteiger partial charge on any atom is -0.381 e. The van der Waals surface area contributed by atoms with Crippen molar-refractivity contribution in [1.29, 1.82) is 0 Å². The summed E-state index contributed by atoms with van der Waals surface area (Å²) < 4.78 is 0. The number of rotatable bonds is 3. The lowest BCUT2D eigenvalue weighted by molar-refractivity contribution is 0.463. The van der Waals surface area contributed by atoms with E-state index < -0.39 is 0 Å². The summed E-state index contributed by atoms with van der Waals surface area (Å²) in [6.07, 6.45) is 6.55. The van der Waals surface area contributed by atoms with E-state index >= 15 is 0 Å². The molecule has 16 heavy (non-hydrogen) atoms. The first-order chi connectivity index (χ1) is 7.79. The van der Waals surface area contributed by atoms with Crippen LogP contribution >= 0.6 is 11.6 Å². The van der Waals surface area contributed by atoms with Gasteiger partial charge >= 0.3 is 0 Å². The van der Waals surface area contributed by atoms with Gasteiger partial charge in [0.15, 0.2) is 0 Å². The van der Waals surface area contributed by atoms with Gasteiger partial charge in [-0.05, 0) is 30.5 Å². The molecule has 0 saturated heterocycles. The highest BCUT2D eigenvalue weighted by molar-refractivity contribution is 6.33. The highest BCUT2D eigenvalue weighted by Gasteiger charge is 2.14. The fourth-order valence-electron chi connectivity index (χ4n) is 2.27. The van der Waals surface area contributed by atoms with E-state index in [2.05, 4.69) is 5.32 Å². The Hall–Kier alpha value is -0.730. The average Bonchev–Trinajstić information content (AvgIpc) is 2.33. The maximum Gasteiger partial charge on any atom is 0.0640 e. The Morgan fingerprint density at radius 1 is 1.25 bits per heavy atom. The Kier molecular flexibility index (Phi) is 4.08. The summed E-state index contributed by atoms with van der Waals surface area (Å²) in [7, 11) is 0. The first-order valence-corrected chi connectivity index (χ1v) is 6.42. The van der Waals surface area contributed by atoms with E-state index in [-0.39, 0.29) is 0 Å². The summed E-state index contributed by atoms with van der Waals surface area (Å²) in [5, 5.41) is 4.31. The van der Waals surface area contributed by atoms with Crippen LogP contribution in [0.4, 0.5) is 5.69 Å². The van der Waals surface area contributed by atoms with E-state index in [0.717, 1.165) is 16.3 Å². The van der Waals surface area contributed by atoms with Crippen molar-refractivity contribution in [2.45, 2.75) is 44.7 Å². The van der Waals surface area contributed by atoms with Gasteiger partial charge in [-0.15, -0.1) is 0 Å². The van der Waals surface area contributed by atoms with E-state index in [0.29, 0.717) is 12.6 Å². The fourth-order valence-corrected chi connectivity index (χ4v) is 2.53. The second-order valence-corrected chi connectivity index (χ2v) is 4.90. The molecule has 3 heteroatoms. The van der Waals surface area contributed by atoms with Crippen molar-refractivity contribution in [3.8, 4) is 0 Å². The molecule has 0 aromatic heterocycles. The van der Waals surface area contributed by atoms with Crippen LogP contribution in [0.5, 0.6) is 0 Å². The van der Waals surface area contributed by atoms with Gasteiger partial charge in [0.25, 0.3) is 0 Å². The van der Waals surface area contributed by atoms with E-state index in [1.807, 2.05) is 18.2 Å². The van der Waals surface area contributed by atoms with Crippen LogP contribution < -0.4 is 11.1 Å². The van der Waals surface area contributed by atoms with Crippen LogP contribution in [-0.2, 0) is 6.54 Å². The zero-order chi connectivity index (χ0) is 11.4. The molecule has 1 aromatic rings. The molecule has 3 N–H and O–H groups in total. The number of hydrogen-bond donors (Lipinski definition) is 2. The summed E-state index contributed by atoms with van der Waals surface area (Å²) in [6, 6.07) is 6.62. The average molecular weight is 239 g/mol. The lowest BCUT2D eigenvalue weighted by atomic mass is 9.95. The third-order valence-electron chi connectivity index (χ3n) is 3.23. The summed E-state index contributed by atoms with van der Waals surface area (Å²) >= 11 is 6.21. The highest BCUT2D eigenvalue weighted by atomic mass is 35.5. The first kappa shape index (κ1) is 11.7. The molecule has 1 aromatic carbocycles. The van der Waals surface area contributed by atoms with Crippen LogP contribution in [0.1, 0.15) is 37.7 Å². The maximum atomic E-state index is 6.21. The maximum absolute atomic E-state index is 6.21. The molecule has 1 aliphatic rings. The monoisotopic (exact) mass is 238 g/mol. The SMILES string of the molecule is NCc1ccc(NC2CCCCC2)c(Cl)c1. The fraction of sp³-hybridized carbons (Fsp3) is 0.538. The quantitative estimate of drug-likeness (QED) is 0.845. The number of anilines is 1. The van der Waals surface area contributed by atoms with Crippen molar-refractivity contribution in [2.24, 2.45) is 5.73 Å². The van der Waals surface area contributed by atoms with Crippen LogP contribution in [0.25, 0.3) is 0 Å². The minimum atomic E-state index is 0.545. The first-order valence-electron chi connectivity index (χ1n) is 6.04. The van der Waals surface area contributed by atoms with Crippen LogP contribution in [0.3, 0.4) is 0 Å². The third kappa shape index (κ3) is 2.89. The van der Waals surface area contributed by atoms with Crippen molar-refractivity contribution in [3.63, 3.8) is 0 Å². The van der Waals surface area contributed by atoms with Gasteiger partial charge < -0.3 is 11.1 Å². The van der Waals surface area contributed by atoms with Crippen molar-refractivity contribution in [1.82, 2.24) is 0 Å². The number of nitrogens with two attached hydrogens (primary N) is 1. The summed E-state index contributed by atoms with van der Waals surface area (Å²) in [6.45, 7) is 0.545. The Labute approximate surface area is 102 Å². The zero-order valence-electron chi connectivity index (χ0n) is 9.51. The predicted octanol–water partition coefficient (Wildman–Crippen LogP) is 3.54. The molecular weight excluding hydrogens is 220 g/mol. The molecular formula is C13H19ClN2. The molecule has 0 unspecified atom stereocenters. The molecule has 0 bridgehead atoms. The molecule has 0 heterocycles. The van der Waals surface area contributed by atoms with E-state index in [1.54, 1.807) is 0 Å². The Morgan fingerprint density at radius 3 is 2.62 bits per heavy atom. The number of benzene rings is 1. The summed E-state index contributed by atoms with van der Waals surface area (Å²) in [4.78, 5) is 0. The molecule has 88 valence electrons. The zero-order valence-corrected chi connectivity index (χ0v) is 10.3. The Balaban J connectivity index is 2.03. The van der Waals surface area contributed by atoms with Crippen molar-refractivity contribution >= 4 is 17.3 Å². The summed E-state index contributed by atoms with van der Waals surface area (Å²) in [5.41, 5.74) is 7.70. The molecule has 0 amide bonds. The molecule has 0 radical (unpaired) electrons. The van der Waals surface area contributed by atoms with Crippen LogP contribution in [0, 0.1) is 0 Å². The smallest absolute Gasteiger partial charge is 0.0640 e. The van der Waals surface area contributed by atoms with Crippen molar-refractivity contribution < 1.29 is 0 Å². The van der Waals surface area contributed by atoms with E-state index in [1.165, 1.54) is 32.1 Å². The summed E-state index contributed by atoms with van der Waals surface area (Å²) in [5.74, 6) is 0. The second kappa shape index (κ2) is 5.55. The molecule has 0 spiro atoms. The topological polar surface area (TPSA) is 38.0 Å². The Morgan fingerprint density at radius 2 is 2.00 bits per heavy atom. The largest absolute Gasteiger partial charge is 0.381 e. The molecule has 1 saturated carbocycles. The van der Waals surface area contributed by atoms with Crippen molar-refractivity contribution in [2.75, 3.05) is 5.32 Å². The van der Waals surface area contributed by atoms with Gasteiger partial charge in [-0.3, -0.25) is 0 Å². The second-order valence-electron chi connectivity index (χ2n) is 4.50. The normalized spacial score (nSPS) is 17.4. The predicted molar refractivity (Wildman–Crippen MR) is 69.8 cm³/mol. The molecule has 2 nitrogen and oxygen atoms in total. The van der Waals surface area contributed by atoms with Gasteiger partial charge in [0.2, 0.25) is 0 Å². The number of hydrogen-bond acceptors (Lipinski definition) is 2. The number of nitrogens with one attached hydrogen (secondary N) is 1. The molecule has 2 rings (SSSR count). The van der Waals surface area contributed by atoms with Crippen LogP contribution in [0.2, 0.25) is 5.02 Å². The highest BCUT2D eigenvalue weighted by Crippen LogP contribution is 2.27. The minimum absolute atomic E-state index is 0.545. The third-order valence-corrected chi connectivity index (χ3v) is 3.55. The lowest BCUT2D eigenvalue weighted by Gasteiger charge is -2.24. The lowest BCUT2D eigenvalue weighted by Crippen LogP contribution is -2.22. The van der Waals surface area contributed by atoms with Gasteiger partial charge in [0.05, 0.1) is 10.7 Å². The van der Waals surface area contributed by atoms with E-state index in [4.69, 9.17) is 17.3 Å². The van der Waals surface area contributed by atoms with Crippen LogP contribution in [-0.4, -0.2) is 6.04 Å². The molecule has 1 aliphatic carbocycles. The van der Waals surface area contributed by atoms with Gasteiger partial charge in [0.1, 0.15) is 0 Å². The molecule has 1 fully saturated rings. The molecule has 0 atom stereocenters. The standard InChI is InChI=1S/C13H19ClN2/c14-12-8-10(9-15)6-7-13(12)16-11-4-2-1-3-5-11/h6-8,11,16H,1-5,9,15H2. The van der Waals surface area contributed by atoms with Gasteiger partial charge in [0, 0.05) is 12.6 Å². The van der Waals surface area contributed by atoms with Crippen LogP contribution in [0.15, 0.2) is 18.2 Å². The van der Waals surface area contributed by atoms with Gasteiger partial charge in [-0.25, -0.2) is 0 Å². The number of halogens is 1. The molecule has 0 aliphatic heterocycles. The van der Waals surface area contributed by atoms with E-state index in [9.17, 15) is 0 Å². The van der Waals surface area contributed by atoms with Gasteiger partial charge in [-0.1, -0.05) is 36.9 Å². The Bertz CT molecular complexity index is 346. The van der Waals surface area contributed by atoms with Gasteiger partial charge in [-0.2, -0.15) is 0 Å². The van der Waals surface area contributed by atoms with Crippen molar-refractivity contribution in [3.05, 3.63) is 28.8 Å².